The zero-order valence-corrected chi connectivity index (χ0v) is 12.3. The number of benzene rings is 1. The van der Waals surface area contributed by atoms with Crippen molar-refractivity contribution >= 4 is 11.7 Å². The van der Waals surface area contributed by atoms with E-state index in [9.17, 15) is 22.4 Å². The summed E-state index contributed by atoms with van der Waals surface area (Å²) < 4.78 is 51.8. The summed E-state index contributed by atoms with van der Waals surface area (Å²) in [5.74, 6) is -1.49. The van der Waals surface area contributed by atoms with Crippen LogP contribution < -0.4 is 5.73 Å². The van der Waals surface area contributed by atoms with Gasteiger partial charge in [0.2, 0.25) is 0 Å². The standard InChI is InChI=1S/C15H12F4N4O/c16-10-4-8(3-9(5-10)15(17,18)19)14(24)23-2-1-11-12(6-23)21-7-22-13(11)20/h3-5,7H,1-2,6H2,(H2,20,21,22). The summed E-state index contributed by atoms with van der Waals surface area (Å²) in [5, 5.41) is 0. The van der Waals surface area contributed by atoms with Crippen molar-refractivity contribution in [1.82, 2.24) is 14.9 Å². The molecule has 2 N–H and O–H groups in total. The molecule has 0 fully saturated rings. The number of rotatable bonds is 1. The Morgan fingerprint density at radius 3 is 2.67 bits per heavy atom. The van der Waals surface area contributed by atoms with Crippen LogP contribution in [0, 0.1) is 5.82 Å². The molecule has 1 aliphatic rings. The molecule has 1 aliphatic heterocycles. The summed E-state index contributed by atoms with van der Waals surface area (Å²) in [6.45, 7) is 0.319. The lowest BCUT2D eigenvalue weighted by atomic mass is 10.0. The molecule has 0 unspecified atom stereocenters. The van der Waals surface area contributed by atoms with Gasteiger partial charge in [0.25, 0.3) is 5.91 Å². The van der Waals surface area contributed by atoms with Crippen molar-refractivity contribution in [1.29, 1.82) is 0 Å². The van der Waals surface area contributed by atoms with Gasteiger partial charge < -0.3 is 10.6 Å². The Morgan fingerprint density at radius 2 is 1.96 bits per heavy atom. The highest BCUT2D eigenvalue weighted by atomic mass is 19.4. The van der Waals surface area contributed by atoms with Gasteiger partial charge in [0.1, 0.15) is 18.0 Å². The largest absolute Gasteiger partial charge is 0.416 e. The van der Waals surface area contributed by atoms with Gasteiger partial charge in [-0.05, 0) is 24.6 Å². The van der Waals surface area contributed by atoms with Crippen molar-refractivity contribution in [3.8, 4) is 0 Å². The fourth-order valence-corrected chi connectivity index (χ4v) is 2.61. The SMILES string of the molecule is Nc1ncnc2c1CCN(C(=O)c1cc(F)cc(C(F)(F)F)c1)C2. The van der Waals surface area contributed by atoms with Gasteiger partial charge in [-0.1, -0.05) is 0 Å². The molecule has 9 heteroatoms. The molecule has 0 bridgehead atoms. The fraction of sp³-hybridized carbons (Fsp3) is 0.267. The van der Waals surface area contributed by atoms with Gasteiger partial charge in [-0.25, -0.2) is 14.4 Å². The summed E-state index contributed by atoms with van der Waals surface area (Å²) in [5.41, 5.74) is 5.44. The summed E-state index contributed by atoms with van der Waals surface area (Å²) in [4.78, 5) is 21.7. The first-order valence-electron chi connectivity index (χ1n) is 7.01. The Morgan fingerprint density at radius 1 is 1.21 bits per heavy atom. The highest BCUT2D eigenvalue weighted by molar-refractivity contribution is 5.94. The second kappa shape index (κ2) is 5.73. The van der Waals surface area contributed by atoms with E-state index in [-0.39, 0.29) is 18.7 Å². The third kappa shape index (κ3) is 3.01. The summed E-state index contributed by atoms with van der Waals surface area (Å²) in [7, 11) is 0. The van der Waals surface area contributed by atoms with Gasteiger partial charge in [0.05, 0.1) is 17.8 Å². The second-order valence-corrected chi connectivity index (χ2v) is 5.39. The lowest BCUT2D eigenvalue weighted by Gasteiger charge is -2.28. The number of fused-ring (bicyclic) bond motifs is 1. The maximum atomic E-state index is 13.5. The van der Waals surface area contributed by atoms with Gasteiger partial charge in [0, 0.05) is 17.7 Å². The van der Waals surface area contributed by atoms with Gasteiger partial charge in [-0.3, -0.25) is 4.79 Å². The van der Waals surface area contributed by atoms with Crippen LogP contribution in [0.2, 0.25) is 0 Å². The molecule has 1 aromatic carbocycles. The summed E-state index contributed by atoms with van der Waals surface area (Å²) in [6.07, 6.45) is -3.09. The lowest BCUT2D eigenvalue weighted by Crippen LogP contribution is -2.37. The van der Waals surface area contributed by atoms with E-state index in [1.165, 1.54) is 11.2 Å². The van der Waals surface area contributed by atoms with Gasteiger partial charge in [-0.15, -0.1) is 0 Å². The molecule has 3 rings (SSSR count). The van der Waals surface area contributed by atoms with Crippen molar-refractivity contribution in [2.75, 3.05) is 12.3 Å². The lowest BCUT2D eigenvalue weighted by molar-refractivity contribution is -0.137. The van der Waals surface area contributed by atoms with Gasteiger partial charge in [0.15, 0.2) is 0 Å². The van der Waals surface area contributed by atoms with E-state index in [1.807, 2.05) is 0 Å². The number of hydrogen-bond donors (Lipinski definition) is 1. The molecule has 2 heterocycles. The molecule has 0 radical (unpaired) electrons. The maximum absolute atomic E-state index is 13.5. The molecule has 0 aliphatic carbocycles. The molecule has 0 atom stereocenters. The molecule has 1 amide bonds. The van der Waals surface area contributed by atoms with E-state index >= 15 is 0 Å². The number of hydrogen-bond acceptors (Lipinski definition) is 4. The third-order valence-corrected chi connectivity index (χ3v) is 3.80. The number of carbonyl (C=O) groups excluding carboxylic acids is 1. The first-order chi connectivity index (χ1) is 11.3. The number of nitrogens with zero attached hydrogens (tertiary/aromatic N) is 3. The minimum Gasteiger partial charge on any atom is -0.383 e. The van der Waals surface area contributed by atoms with Crippen molar-refractivity contribution in [2.45, 2.75) is 19.1 Å². The Bertz CT molecular complexity index is 807. The average molecular weight is 340 g/mol. The first-order valence-corrected chi connectivity index (χ1v) is 7.01. The quantitative estimate of drug-likeness (QED) is 0.809. The van der Waals surface area contributed by atoms with Crippen LogP contribution in [0.4, 0.5) is 23.4 Å². The van der Waals surface area contributed by atoms with Crippen LogP contribution >= 0.6 is 0 Å². The van der Waals surface area contributed by atoms with Crippen LogP contribution in [0.5, 0.6) is 0 Å². The molecule has 0 spiro atoms. The molecular formula is C15H12F4N4O. The van der Waals surface area contributed by atoms with Crippen LogP contribution in [-0.4, -0.2) is 27.3 Å². The number of nitrogen functional groups attached to an aromatic ring is 1. The van der Waals surface area contributed by atoms with Crippen LogP contribution in [0.25, 0.3) is 0 Å². The Hall–Kier alpha value is -2.71. The second-order valence-electron chi connectivity index (χ2n) is 5.39. The van der Waals surface area contributed by atoms with E-state index in [0.717, 1.165) is 11.6 Å². The minimum atomic E-state index is -4.73. The number of halogens is 4. The van der Waals surface area contributed by atoms with Crippen LogP contribution in [-0.2, 0) is 19.1 Å². The number of amides is 1. The van der Waals surface area contributed by atoms with E-state index in [1.54, 1.807) is 0 Å². The fourth-order valence-electron chi connectivity index (χ4n) is 2.61. The predicted molar refractivity (Wildman–Crippen MR) is 76.3 cm³/mol. The van der Waals surface area contributed by atoms with Crippen LogP contribution in [0.1, 0.15) is 27.2 Å². The van der Waals surface area contributed by atoms with Crippen LogP contribution in [0.3, 0.4) is 0 Å². The maximum Gasteiger partial charge on any atom is 0.416 e. The van der Waals surface area contributed by atoms with Gasteiger partial charge >= 0.3 is 6.18 Å². The molecular weight excluding hydrogens is 328 g/mol. The normalized spacial score (nSPS) is 14.4. The van der Waals surface area contributed by atoms with E-state index in [2.05, 4.69) is 9.97 Å². The number of alkyl halides is 3. The number of anilines is 1. The average Bonchev–Trinajstić information content (AvgIpc) is 2.52. The summed E-state index contributed by atoms with van der Waals surface area (Å²) in [6, 6.07) is 1.80. The first kappa shape index (κ1) is 16.2. The highest BCUT2D eigenvalue weighted by Crippen LogP contribution is 2.31. The number of aromatic nitrogens is 2. The van der Waals surface area contributed by atoms with E-state index < -0.39 is 23.5 Å². The molecule has 24 heavy (non-hydrogen) atoms. The van der Waals surface area contributed by atoms with E-state index in [4.69, 9.17) is 5.73 Å². The molecule has 5 nitrogen and oxygen atoms in total. The predicted octanol–water partition coefficient (Wildman–Crippen LogP) is 2.42. The minimum absolute atomic E-state index is 0.0821. The molecule has 0 saturated carbocycles. The number of nitrogens with two attached hydrogens (primary N) is 1. The Kier molecular flexibility index (Phi) is 3.86. The smallest absolute Gasteiger partial charge is 0.383 e. The van der Waals surface area contributed by atoms with Crippen molar-refractivity contribution in [3.05, 3.63) is 52.7 Å². The molecule has 126 valence electrons. The van der Waals surface area contributed by atoms with Crippen molar-refractivity contribution < 1.29 is 22.4 Å². The topological polar surface area (TPSA) is 72.1 Å². The van der Waals surface area contributed by atoms with Gasteiger partial charge in [-0.2, -0.15) is 13.2 Å². The number of carbonyl (C=O) groups is 1. The third-order valence-electron chi connectivity index (χ3n) is 3.80. The highest BCUT2D eigenvalue weighted by Gasteiger charge is 2.33. The zero-order chi connectivity index (χ0) is 17.5. The van der Waals surface area contributed by atoms with Crippen molar-refractivity contribution in [3.63, 3.8) is 0 Å². The zero-order valence-electron chi connectivity index (χ0n) is 12.3. The molecule has 0 saturated heterocycles. The monoisotopic (exact) mass is 340 g/mol. The van der Waals surface area contributed by atoms with E-state index in [0.29, 0.717) is 30.1 Å². The molecule has 1 aromatic heterocycles. The van der Waals surface area contributed by atoms with Crippen molar-refractivity contribution in [2.24, 2.45) is 0 Å². The summed E-state index contributed by atoms with van der Waals surface area (Å²) >= 11 is 0. The molecule has 2 aromatic rings. The van der Waals surface area contributed by atoms with Crippen LogP contribution in [0.15, 0.2) is 24.5 Å². The Balaban J connectivity index is 1.89. The Labute approximate surface area is 134 Å².